The summed E-state index contributed by atoms with van der Waals surface area (Å²) in [5.41, 5.74) is -0.476. The highest BCUT2D eigenvalue weighted by molar-refractivity contribution is 6.30. The Labute approximate surface area is 117 Å². The van der Waals surface area contributed by atoms with Crippen molar-refractivity contribution in [3.63, 3.8) is 0 Å². The van der Waals surface area contributed by atoms with E-state index >= 15 is 0 Å². The summed E-state index contributed by atoms with van der Waals surface area (Å²) in [7, 11) is 1.33. The predicted molar refractivity (Wildman–Crippen MR) is 72.9 cm³/mol. The third-order valence-corrected chi connectivity index (χ3v) is 2.71. The highest BCUT2D eigenvalue weighted by atomic mass is 35.5. The Bertz CT molecular complexity index is 475. The van der Waals surface area contributed by atoms with Gasteiger partial charge >= 0.3 is 5.97 Å². The summed E-state index contributed by atoms with van der Waals surface area (Å²) >= 11 is 5.80. The number of esters is 1. The van der Waals surface area contributed by atoms with Crippen molar-refractivity contribution in [2.45, 2.75) is 26.7 Å². The lowest BCUT2D eigenvalue weighted by atomic mass is 9.85. The first-order valence-electron chi connectivity index (χ1n) is 5.80. The van der Waals surface area contributed by atoms with Gasteiger partial charge in [-0.3, -0.25) is 9.59 Å². The monoisotopic (exact) mass is 284 g/mol. The number of nitrogens with zero attached hydrogens (tertiary/aromatic N) is 1. The van der Waals surface area contributed by atoms with E-state index in [1.54, 1.807) is 12.1 Å². The second-order valence-corrected chi connectivity index (χ2v) is 5.44. The minimum atomic E-state index is -0.476. The van der Waals surface area contributed by atoms with E-state index in [4.69, 9.17) is 11.6 Å². The lowest BCUT2D eigenvalue weighted by Gasteiger charge is -2.22. The maximum absolute atomic E-state index is 11.9. The molecular formula is C13H17ClN2O3. The minimum absolute atomic E-state index is 0.180. The second kappa shape index (κ2) is 6.52. The number of carbonyl (C=O) groups is 2. The SMILES string of the molecule is COC(=O)CC(C)(C)CC(=O)Nc1cc(Cl)ccn1. The summed E-state index contributed by atoms with van der Waals surface area (Å²) in [5.74, 6) is -0.159. The highest BCUT2D eigenvalue weighted by Crippen LogP contribution is 2.26. The van der Waals surface area contributed by atoms with Gasteiger partial charge in [-0.15, -0.1) is 0 Å². The fourth-order valence-electron chi connectivity index (χ4n) is 1.62. The first-order chi connectivity index (χ1) is 8.82. The normalized spacial score (nSPS) is 10.9. The van der Waals surface area contributed by atoms with E-state index in [1.165, 1.54) is 13.3 Å². The highest BCUT2D eigenvalue weighted by Gasteiger charge is 2.26. The summed E-state index contributed by atoms with van der Waals surface area (Å²) in [6, 6.07) is 3.19. The van der Waals surface area contributed by atoms with Crippen molar-refractivity contribution in [1.82, 2.24) is 4.98 Å². The van der Waals surface area contributed by atoms with Gasteiger partial charge in [0, 0.05) is 17.6 Å². The molecule has 0 aliphatic carbocycles. The summed E-state index contributed by atoms with van der Waals surface area (Å²) in [6.07, 6.45) is 1.88. The molecule has 1 amide bonds. The number of methoxy groups -OCH3 is 1. The number of rotatable bonds is 5. The minimum Gasteiger partial charge on any atom is -0.469 e. The van der Waals surface area contributed by atoms with Gasteiger partial charge in [0.2, 0.25) is 5.91 Å². The van der Waals surface area contributed by atoms with E-state index in [2.05, 4.69) is 15.0 Å². The number of aromatic nitrogens is 1. The molecule has 104 valence electrons. The van der Waals surface area contributed by atoms with Gasteiger partial charge in [0.25, 0.3) is 0 Å². The zero-order valence-electron chi connectivity index (χ0n) is 11.2. The van der Waals surface area contributed by atoms with Crippen LogP contribution in [0.25, 0.3) is 0 Å². The molecule has 1 rings (SSSR count). The van der Waals surface area contributed by atoms with Gasteiger partial charge in [-0.1, -0.05) is 25.4 Å². The molecule has 1 aromatic rings. The average molecular weight is 285 g/mol. The summed E-state index contributed by atoms with van der Waals surface area (Å²) in [6.45, 7) is 3.66. The molecule has 0 atom stereocenters. The number of nitrogens with one attached hydrogen (secondary N) is 1. The number of carbonyl (C=O) groups excluding carboxylic acids is 2. The Morgan fingerprint density at radius 2 is 2.11 bits per heavy atom. The van der Waals surface area contributed by atoms with Gasteiger partial charge in [-0.05, 0) is 17.5 Å². The molecule has 0 unspecified atom stereocenters. The summed E-state index contributed by atoms with van der Waals surface area (Å²) in [4.78, 5) is 27.1. The Morgan fingerprint density at radius 1 is 1.42 bits per heavy atom. The van der Waals surface area contributed by atoms with E-state index in [9.17, 15) is 9.59 Å². The van der Waals surface area contributed by atoms with Gasteiger partial charge in [0.15, 0.2) is 0 Å². The lowest BCUT2D eigenvalue weighted by Crippen LogP contribution is -2.25. The van der Waals surface area contributed by atoms with Crippen LogP contribution in [0.4, 0.5) is 5.82 Å². The number of halogens is 1. The van der Waals surface area contributed by atoms with Crippen LogP contribution in [0.15, 0.2) is 18.3 Å². The van der Waals surface area contributed by atoms with Crippen LogP contribution < -0.4 is 5.32 Å². The van der Waals surface area contributed by atoms with Crippen LogP contribution in [0.1, 0.15) is 26.7 Å². The first-order valence-corrected chi connectivity index (χ1v) is 6.18. The van der Waals surface area contributed by atoms with Gasteiger partial charge < -0.3 is 10.1 Å². The molecule has 0 aromatic carbocycles. The molecule has 0 bridgehead atoms. The smallest absolute Gasteiger partial charge is 0.306 e. The maximum atomic E-state index is 11.9. The molecule has 0 spiro atoms. The van der Waals surface area contributed by atoms with E-state index in [0.29, 0.717) is 10.8 Å². The van der Waals surface area contributed by atoms with Crippen LogP contribution >= 0.6 is 11.6 Å². The molecule has 0 saturated heterocycles. The van der Waals surface area contributed by atoms with Crippen LogP contribution in [-0.2, 0) is 14.3 Å². The van der Waals surface area contributed by atoms with Crippen molar-refractivity contribution in [3.05, 3.63) is 23.4 Å². The molecule has 1 aromatic heterocycles. The Morgan fingerprint density at radius 3 is 2.68 bits per heavy atom. The van der Waals surface area contributed by atoms with E-state index in [-0.39, 0.29) is 24.7 Å². The standard InChI is InChI=1S/C13H17ClN2O3/c1-13(2,8-12(18)19-3)7-11(17)16-10-6-9(14)4-5-15-10/h4-6H,7-8H2,1-3H3,(H,15,16,17). The summed E-state index contributed by atoms with van der Waals surface area (Å²) < 4.78 is 4.60. The lowest BCUT2D eigenvalue weighted by molar-refractivity contribution is -0.143. The van der Waals surface area contributed by atoms with Gasteiger partial charge in [0.05, 0.1) is 13.5 Å². The summed E-state index contributed by atoms with van der Waals surface area (Å²) in [5, 5.41) is 3.14. The Hall–Kier alpha value is -1.62. The van der Waals surface area contributed by atoms with Gasteiger partial charge in [-0.2, -0.15) is 0 Å². The molecule has 0 aliphatic rings. The van der Waals surface area contributed by atoms with Gasteiger partial charge in [-0.25, -0.2) is 4.98 Å². The molecule has 0 saturated carbocycles. The number of pyridine rings is 1. The van der Waals surface area contributed by atoms with Crippen molar-refractivity contribution in [1.29, 1.82) is 0 Å². The van der Waals surface area contributed by atoms with Crippen LogP contribution in [0.5, 0.6) is 0 Å². The number of anilines is 1. The predicted octanol–water partition coefficient (Wildman–Crippen LogP) is 2.65. The Kier molecular flexibility index (Phi) is 5.30. The third-order valence-electron chi connectivity index (χ3n) is 2.48. The quantitative estimate of drug-likeness (QED) is 0.844. The number of hydrogen-bond acceptors (Lipinski definition) is 4. The second-order valence-electron chi connectivity index (χ2n) is 5.00. The average Bonchev–Trinajstić information content (AvgIpc) is 2.26. The molecule has 1 heterocycles. The maximum Gasteiger partial charge on any atom is 0.306 e. The molecule has 1 N–H and O–H groups in total. The number of ether oxygens (including phenoxy) is 1. The van der Waals surface area contributed by atoms with Crippen molar-refractivity contribution in [2.75, 3.05) is 12.4 Å². The molecule has 19 heavy (non-hydrogen) atoms. The van der Waals surface area contributed by atoms with E-state index < -0.39 is 5.41 Å². The molecule has 6 heteroatoms. The molecule has 0 radical (unpaired) electrons. The van der Waals surface area contributed by atoms with Crippen LogP contribution in [0.3, 0.4) is 0 Å². The van der Waals surface area contributed by atoms with Crippen molar-refractivity contribution >= 4 is 29.3 Å². The van der Waals surface area contributed by atoms with Gasteiger partial charge in [0.1, 0.15) is 5.82 Å². The molecular weight excluding hydrogens is 268 g/mol. The van der Waals surface area contributed by atoms with E-state index in [0.717, 1.165) is 0 Å². The van der Waals surface area contributed by atoms with Crippen molar-refractivity contribution in [2.24, 2.45) is 5.41 Å². The fraction of sp³-hybridized carbons (Fsp3) is 0.462. The molecule has 0 fully saturated rings. The third kappa shape index (κ3) is 5.70. The number of amides is 1. The fourth-order valence-corrected chi connectivity index (χ4v) is 1.78. The van der Waals surface area contributed by atoms with Crippen LogP contribution in [-0.4, -0.2) is 24.0 Å². The van der Waals surface area contributed by atoms with Crippen LogP contribution in [0.2, 0.25) is 5.02 Å². The molecule has 0 aliphatic heterocycles. The van der Waals surface area contributed by atoms with Crippen molar-refractivity contribution < 1.29 is 14.3 Å². The van der Waals surface area contributed by atoms with Crippen LogP contribution in [0, 0.1) is 5.41 Å². The van der Waals surface area contributed by atoms with Crippen molar-refractivity contribution in [3.8, 4) is 0 Å². The zero-order chi connectivity index (χ0) is 14.5. The first kappa shape index (κ1) is 15.4. The largest absolute Gasteiger partial charge is 0.469 e. The van der Waals surface area contributed by atoms with E-state index in [1.807, 2.05) is 13.8 Å². The molecule has 5 nitrogen and oxygen atoms in total. The number of hydrogen-bond donors (Lipinski definition) is 1. The topological polar surface area (TPSA) is 68.3 Å². The zero-order valence-corrected chi connectivity index (χ0v) is 12.0. The Balaban J connectivity index is 2.57.